The number of aliphatic carboxylic acids is 1. The van der Waals surface area contributed by atoms with Gasteiger partial charge in [0.05, 0.1) is 18.6 Å². The number of para-hydroxylation sites is 1. The van der Waals surface area contributed by atoms with Crippen molar-refractivity contribution in [3.05, 3.63) is 56.6 Å². The highest BCUT2D eigenvalue weighted by Crippen LogP contribution is 2.23. The van der Waals surface area contributed by atoms with E-state index in [1.54, 1.807) is 18.5 Å². The summed E-state index contributed by atoms with van der Waals surface area (Å²) in [7, 11) is 1.63. The molecule has 0 unspecified atom stereocenters. The number of anilines is 1. The zero-order valence-corrected chi connectivity index (χ0v) is 24.4. The van der Waals surface area contributed by atoms with Crippen molar-refractivity contribution in [3.8, 4) is 11.8 Å². The molecule has 1 atom stereocenters. The average molecular weight is 601 g/mol. The van der Waals surface area contributed by atoms with Crippen LogP contribution in [0.2, 0.25) is 0 Å². The van der Waals surface area contributed by atoms with E-state index in [1.807, 2.05) is 31.2 Å². The molecule has 4 heterocycles. The van der Waals surface area contributed by atoms with Crippen molar-refractivity contribution in [3.63, 3.8) is 0 Å². The van der Waals surface area contributed by atoms with Gasteiger partial charge in [-0.25, -0.2) is 19.6 Å². The Morgan fingerprint density at radius 2 is 1.90 bits per heavy atom. The van der Waals surface area contributed by atoms with E-state index in [9.17, 15) is 14.4 Å². The van der Waals surface area contributed by atoms with E-state index in [4.69, 9.17) is 39.0 Å². The lowest BCUT2D eigenvalue weighted by Crippen LogP contribution is -2.44. The van der Waals surface area contributed by atoms with Gasteiger partial charge in [-0.2, -0.15) is 4.98 Å². The SMILES string of the molecule is CC#CCn1c(N2CCC[C@@H](N)C2)nc2c1c(=O)n(Cc1nc(C)c3ccccc3n1)c(=O)n2C.O=C(O)C(Cl)Cl. The van der Waals surface area contributed by atoms with Crippen LogP contribution in [0.4, 0.5) is 5.95 Å². The van der Waals surface area contributed by atoms with Crippen LogP contribution in [0, 0.1) is 18.8 Å². The molecule has 1 saturated heterocycles. The number of carbonyl (C=O) groups is 1. The lowest BCUT2D eigenvalue weighted by molar-refractivity contribution is -0.135. The van der Waals surface area contributed by atoms with Gasteiger partial charge < -0.3 is 15.7 Å². The Kier molecular flexibility index (Phi) is 9.32. The monoisotopic (exact) mass is 600 g/mol. The maximum atomic E-state index is 13.7. The van der Waals surface area contributed by atoms with Crippen molar-refractivity contribution in [2.24, 2.45) is 12.8 Å². The molecule has 1 fully saturated rings. The van der Waals surface area contributed by atoms with E-state index in [0.29, 0.717) is 29.5 Å². The Balaban J connectivity index is 0.000000585. The lowest BCUT2D eigenvalue weighted by atomic mass is 10.1. The number of rotatable bonds is 5. The highest BCUT2D eigenvalue weighted by atomic mass is 35.5. The number of piperidine rings is 1. The lowest BCUT2D eigenvalue weighted by Gasteiger charge is -2.31. The molecule has 0 amide bonds. The van der Waals surface area contributed by atoms with E-state index in [0.717, 1.165) is 36.0 Å². The molecular formula is C27H30Cl2N8O4. The van der Waals surface area contributed by atoms with Gasteiger partial charge in [-0.1, -0.05) is 47.3 Å². The fourth-order valence-corrected chi connectivity index (χ4v) is 4.75. The number of nitrogens with zero attached hydrogens (tertiary/aromatic N) is 7. The molecular weight excluding hydrogens is 571 g/mol. The van der Waals surface area contributed by atoms with Gasteiger partial charge in [0.25, 0.3) is 5.56 Å². The molecule has 12 nitrogen and oxygen atoms in total. The first-order chi connectivity index (χ1) is 19.5. The third-order valence-corrected chi connectivity index (χ3v) is 7.07. The molecule has 0 spiro atoms. The molecule has 3 N–H and O–H groups in total. The topological polar surface area (TPSA) is 154 Å². The Bertz CT molecular complexity index is 1780. The van der Waals surface area contributed by atoms with Gasteiger partial charge in [0.2, 0.25) is 10.8 Å². The number of carboxylic acid groups (broad SMARTS) is 1. The highest BCUT2D eigenvalue weighted by molar-refractivity contribution is 6.52. The average Bonchev–Trinajstić information content (AvgIpc) is 3.33. The number of alkyl halides is 2. The summed E-state index contributed by atoms with van der Waals surface area (Å²) in [5.41, 5.74) is 7.54. The second-order valence-electron chi connectivity index (χ2n) is 9.56. The van der Waals surface area contributed by atoms with E-state index >= 15 is 0 Å². The summed E-state index contributed by atoms with van der Waals surface area (Å²) in [6.45, 7) is 5.31. The van der Waals surface area contributed by atoms with Crippen molar-refractivity contribution in [2.45, 2.75) is 50.7 Å². The molecule has 0 aliphatic carbocycles. The number of imidazole rings is 1. The zero-order chi connectivity index (χ0) is 29.8. The minimum absolute atomic E-state index is 0.0306. The molecule has 3 aromatic heterocycles. The fraction of sp³-hybridized carbons (Fsp3) is 0.407. The predicted molar refractivity (Wildman–Crippen MR) is 159 cm³/mol. The van der Waals surface area contributed by atoms with Crippen LogP contribution < -0.4 is 21.9 Å². The maximum Gasteiger partial charge on any atom is 0.337 e. The molecule has 0 radical (unpaired) electrons. The standard InChI is InChI=1S/C25H28N8O2.C2H2Cl2O2/c1-4-5-13-32-21-22(29-24(32)31-12-8-9-17(26)14-31)30(3)25(35)33(23(21)34)15-20-27-16(2)18-10-6-7-11-19(18)28-20;3-1(4)2(5)6/h6-7,10-11,17H,8-9,12-15,26H2,1-3H3;1H,(H,5,6)/t17-;/m1./s1. The Labute approximate surface area is 245 Å². The van der Waals surface area contributed by atoms with Crippen LogP contribution >= 0.6 is 23.2 Å². The summed E-state index contributed by atoms with van der Waals surface area (Å²) < 4.78 is 4.39. The number of carboxylic acids is 1. The molecule has 1 aliphatic rings. The Morgan fingerprint density at radius 3 is 2.56 bits per heavy atom. The number of hydrogen-bond donors (Lipinski definition) is 2. The van der Waals surface area contributed by atoms with E-state index < -0.39 is 22.1 Å². The van der Waals surface area contributed by atoms with Crippen LogP contribution in [-0.2, 0) is 24.9 Å². The van der Waals surface area contributed by atoms with Gasteiger partial charge in [0.15, 0.2) is 11.2 Å². The summed E-state index contributed by atoms with van der Waals surface area (Å²) in [5, 5.41) is 8.66. The molecule has 0 bridgehead atoms. The first-order valence-electron chi connectivity index (χ1n) is 12.9. The van der Waals surface area contributed by atoms with Gasteiger partial charge in [0, 0.05) is 37.3 Å². The van der Waals surface area contributed by atoms with Crippen molar-refractivity contribution in [2.75, 3.05) is 18.0 Å². The largest absolute Gasteiger partial charge is 0.479 e. The van der Waals surface area contributed by atoms with Gasteiger partial charge in [-0.15, -0.1) is 5.92 Å². The normalized spacial score (nSPS) is 15.0. The van der Waals surface area contributed by atoms with E-state index in [1.165, 1.54) is 9.13 Å². The molecule has 0 saturated carbocycles. The number of hydrogen-bond acceptors (Lipinski definition) is 8. The molecule has 1 aliphatic heterocycles. The number of aryl methyl sites for hydroxylation is 2. The minimum Gasteiger partial charge on any atom is -0.479 e. The molecule has 1 aromatic carbocycles. The summed E-state index contributed by atoms with van der Waals surface area (Å²) in [6, 6.07) is 7.71. The van der Waals surface area contributed by atoms with Crippen LogP contribution in [0.1, 0.15) is 31.3 Å². The van der Waals surface area contributed by atoms with Crippen molar-refractivity contribution in [1.82, 2.24) is 28.7 Å². The van der Waals surface area contributed by atoms with E-state index in [-0.39, 0.29) is 19.1 Å². The summed E-state index contributed by atoms with van der Waals surface area (Å²) in [6.07, 6.45) is 1.88. The van der Waals surface area contributed by atoms with Crippen LogP contribution in [0.15, 0.2) is 33.9 Å². The molecule has 216 valence electrons. The highest BCUT2D eigenvalue weighted by Gasteiger charge is 2.26. The Morgan fingerprint density at radius 1 is 1.20 bits per heavy atom. The van der Waals surface area contributed by atoms with Crippen molar-refractivity contribution < 1.29 is 9.90 Å². The second-order valence-corrected chi connectivity index (χ2v) is 10.7. The maximum absolute atomic E-state index is 13.7. The van der Waals surface area contributed by atoms with Crippen LogP contribution in [0.25, 0.3) is 22.1 Å². The van der Waals surface area contributed by atoms with Gasteiger partial charge in [-0.05, 0) is 32.8 Å². The van der Waals surface area contributed by atoms with Gasteiger partial charge in [-0.3, -0.25) is 18.5 Å². The van der Waals surface area contributed by atoms with Gasteiger partial charge in [0.1, 0.15) is 5.82 Å². The quantitative estimate of drug-likeness (QED) is 0.258. The molecule has 4 aromatic rings. The first-order valence-corrected chi connectivity index (χ1v) is 13.7. The van der Waals surface area contributed by atoms with Crippen LogP contribution in [0.3, 0.4) is 0 Å². The number of nitrogens with two attached hydrogens (primary N) is 1. The van der Waals surface area contributed by atoms with Crippen molar-refractivity contribution in [1.29, 1.82) is 0 Å². The number of aromatic nitrogens is 6. The van der Waals surface area contributed by atoms with Crippen LogP contribution in [0.5, 0.6) is 0 Å². The summed E-state index contributed by atoms with van der Waals surface area (Å²) in [4.78, 5) is 51.1. The third-order valence-electron chi connectivity index (χ3n) is 6.69. The second kappa shape index (κ2) is 12.7. The Hall–Kier alpha value is -3.92. The molecule has 5 rings (SSSR count). The van der Waals surface area contributed by atoms with E-state index in [2.05, 4.69) is 26.7 Å². The summed E-state index contributed by atoms with van der Waals surface area (Å²) in [5.74, 6) is 5.75. The minimum atomic E-state index is -1.29. The number of halogens is 2. The van der Waals surface area contributed by atoms with Crippen LogP contribution in [-0.4, -0.2) is 63.7 Å². The third kappa shape index (κ3) is 6.37. The smallest absolute Gasteiger partial charge is 0.337 e. The summed E-state index contributed by atoms with van der Waals surface area (Å²) >= 11 is 9.56. The predicted octanol–water partition coefficient (Wildman–Crippen LogP) is 2.02. The number of fused-ring (bicyclic) bond motifs is 2. The zero-order valence-electron chi connectivity index (χ0n) is 22.8. The molecule has 14 heteroatoms. The van der Waals surface area contributed by atoms with Gasteiger partial charge >= 0.3 is 11.7 Å². The first kappa shape index (κ1) is 30.0. The fourth-order valence-electron chi connectivity index (χ4n) is 4.75. The van der Waals surface area contributed by atoms with Crippen molar-refractivity contribution >= 4 is 57.2 Å². The number of benzene rings is 1. The molecule has 41 heavy (non-hydrogen) atoms.